The number of nitrogens with two attached hydrogens (primary N) is 1. The summed E-state index contributed by atoms with van der Waals surface area (Å²) in [5.41, 5.74) is 8.61. The average molecular weight is 545 g/mol. The molecule has 0 radical (unpaired) electrons. The molecule has 0 saturated heterocycles. The van der Waals surface area contributed by atoms with E-state index in [9.17, 15) is 19.8 Å². The van der Waals surface area contributed by atoms with Crippen LogP contribution in [0.1, 0.15) is 76.3 Å². The first kappa shape index (κ1) is 30.3. The average Bonchev–Trinajstić information content (AvgIpc) is 2.86. The largest absolute Gasteiger partial charge is 0.504 e. The highest BCUT2D eigenvalue weighted by atomic mass is 16.6. The van der Waals surface area contributed by atoms with E-state index in [4.69, 9.17) is 19.9 Å². The molecule has 9 nitrogen and oxygen atoms in total. The molecule has 0 aromatic heterocycles. The van der Waals surface area contributed by atoms with Crippen molar-refractivity contribution in [2.75, 3.05) is 20.3 Å². The minimum absolute atomic E-state index is 0.0248. The number of methoxy groups -OCH3 is 1. The van der Waals surface area contributed by atoms with Gasteiger partial charge in [-0.05, 0) is 78.8 Å². The predicted octanol–water partition coefficient (Wildman–Crippen LogP) is 3.95. The molecule has 3 rings (SSSR count). The third-order valence-electron chi connectivity index (χ3n) is 7.64. The Balaban J connectivity index is 1.85. The van der Waals surface area contributed by atoms with Crippen molar-refractivity contribution in [1.29, 1.82) is 0 Å². The number of aliphatic hydroxyl groups is 1. The van der Waals surface area contributed by atoms with Crippen LogP contribution in [0.15, 0.2) is 30.1 Å². The fourth-order valence-electron chi connectivity index (χ4n) is 5.76. The lowest BCUT2D eigenvalue weighted by Gasteiger charge is -2.33. The summed E-state index contributed by atoms with van der Waals surface area (Å²) < 4.78 is 16.9. The standard InChI is InChI=1S/C30H44N2O7/c1-19(34)38-25(16-28(39-20(2)35)24-8-6-4-5-7-21(13-24)18-33)10-9-22-14-29(37-3)27(36)17-26(22)23-11-12-32-30(31)15-23/h11,14-15,17,21,24-25,28,32-33,36H,4-10,12-13,16,18,31H2,1-3H3. The van der Waals surface area contributed by atoms with E-state index in [1.54, 1.807) is 12.1 Å². The van der Waals surface area contributed by atoms with Gasteiger partial charge in [0, 0.05) is 33.4 Å². The highest BCUT2D eigenvalue weighted by Gasteiger charge is 2.31. The number of allylic oxidation sites excluding steroid dienone is 2. The molecule has 1 saturated carbocycles. The van der Waals surface area contributed by atoms with E-state index in [0.29, 0.717) is 37.4 Å². The van der Waals surface area contributed by atoms with E-state index < -0.39 is 18.2 Å². The quantitative estimate of drug-likeness (QED) is 0.305. The second kappa shape index (κ2) is 14.8. The fraction of sp³-hybridized carbons (Fsp3) is 0.600. The van der Waals surface area contributed by atoms with Crippen molar-refractivity contribution >= 4 is 17.5 Å². The van der Waals surface area contributed by atoms with E-state index in [-0.39, 0.29) is 30.2 Å². The van der Waals surface area contributed by atoms with Crippen LogP contribution in [-0.4, -0.2) is 54.6 Å². The molecule has 4 unspecified atom stereocenters. The Morgan fingerprint density at radius 1 is 1.13 bits per heavy atom. The number of hydrogen-bond donors (Lipinski definition) is 4. The van der Waals surface area contributed by atoms with Crippen molar-refractivity contribution in [2.45, 2.75) is 83.8 Å². The van der Waals surface area contributed by atoms with Crippen molar-refractivity contribution in [3.8, 4) is 11.5 Å². The van der Waals surface area contributed by atoms with Crippen LogP contribution in [0.3, 0.4) is 0 Å². The van der Waals surface area contributed by atoms with Crippen LogP contribution in [0.4, 0.5) is 0 Å². The van der Waals surface area contributed by atoms with E-state index >= 15 is 0 Å². The van der Waals surface area contributed by atoms with Gasteiger partial charge < -0.3 is 35.5 Å². The fourth-order valence-corrected chi connectivity index (χ4v) is 5.76. The van der Waals surface area contributed by atoms with Gasteiger partial charge in [0.25, 0.3) is 0 Å². The molecule has 1 aromatic carbocycles. The van der Waals surface area contributed by atoms with E-state index in [1.807, 2.05) is 12.2 Å². The van der Waals surface area contributed by atoms with Gasteiger partial charge in [0.15, 0.2) is 11.5 Å². The minimum Gasteiger partial charge on any atom is -0.504 e. The number of aryl methyl sites for hydroxylation is 1. The highest BCUT2D eigenvalue weighted by molar-refractivity contribution is 5.79. The number of rotatable bonds is 11. The van der Waals surface area contributed by atoms with Crippen LogP contribution in [0, 0.1) is 11.8 Å². The maximum absolute atomic E-state index is 12.1. The summed E-state index contributed by atoms with van der Waals surface area (Å²) in [7, 11) is 1.50. The van der Waals surface area contributed by atoms with Gasteiger partial charge in [-0.2, -0.15) is 0 Å². The molecular weight excluding hydrogens is 500 g/mol. The molecule has 2 aliphatic rings. The molecule has 216 valence electrons. The monoisotopic (exact) mass is 544 g/mol. The Hall–Kier alpha value is -3.20. The van der Waals surface area contributed by atoms with Crippen LogP contribution >= 0.6 is 0 Å². The number of nitrogens with one attached hydrogen (secondary N) is 1. The van der Waals surface area contributed by atoms with Gasteiger partial charge in [-0.25, -0.2) is 0 Å². The molecule has 1 aromatic rings. The number of phenolic OH excluding ortho intramolecular Hbond substituents is 1. The number of hydrogen-bond acceptors (Lipinski definition) is 9. The lowest BCUT2D eigenvalue weighted by atomic mass is 9.80. The second-order valence-electron chi connectivity index (χ2n) is 10.7. The molecule has 1 aliphatic heterocycles. The van der Waals surface area contributed by atoms with Crippen LogP contribution in [0.5, 0.6) is 11.5 Å². The Labute approximate surface area is 231 Å². The van der Waals surface area contributed by atoms with Gasteiger partial charge in [-0.1, -0.05) is 25.3 Å². The second-order valence-corrected chi connectivity index (χ2v) is 10.7. The number of esters is 2. The number of dihydropyridines is 1. The highest BCUT2D eigenvalue weighted by Crippen LogP contribution is 2.36. The molecule has 0 bridgehead atoms. The number of aliphatic hydroxyl groups excluding tert-OH is 1. The Morgan fingerprint density at radius 3 is 2.54 bits per heavy atom. The predicted molar refractivity (Wildman–Crippen MR) is 149 cm³/mol. The van der Waals surface area contributed by atoms with E-state index in [0.717, 1.165) is 55.2 Å². The summed E-state index contributed by atoms with van der Waals surface area (Å²) in [6.45, 7) is 3.47. The third kappa shape index (κ3) is 9.20. The van der Waals surface area contributed by atoms with Crippen molar-refractivity contribution in [3.05, 3.63) is 41.2 Å². The number of carbonyl (C=O) groups excluding carboxylic acids is 2. The first-order chi connectivity index (χ1) is 18.7. The molecule has 9 heteroatoms. The van der Waals surface area contributed by atoms with Crippen LogP contribution < -0.4 is 15.8 Å². The van der Waals surface area contributed by atoms with Gasteiger partial charge in [0.1, 0.15) is 12.2 Å². The van der Waals surface area contributed by atoms with Gasteiger partial charge in [0.2, 0.25) is 0 Å². The maximum Gasteiger partial charge on any atom is 0.302 e. The van der Waals surface area contributed by atoms with Crippen LogP contribution in [0.2, 0.25) is 0 Å². The number of carbonyl (C=O) groups is 2. The summed E-state index contributed by atoms with van der Waals surface area (Å²) in [5, 5.41) is 23.4. The van der Waals surface area contributed by atoms with Crippen molar-refractivity contribution in [3.63, 3.8) is 0 Å². The summed E-state index contributed by atoms with van der Waals surface area (Å²) in [6.07, 6.45) is 10.2. The zero-order chi connectivity index (χ0) is 28.4. The van der Waals surface area contributed by atoms with Crippen molar-refractivity contribution in [1.82, 2.24) is 5.32 Å². The molecular formula is C30H44N2O7. The molecule has 4 atom stereocenters. The smallest absolute Gasteiger partial charge is 0.302 e. The lowest BCUT2D eigenvalue weighted by molar-refractivity contribution is -0.156. The van der Waals surface area contributed by atoms with Gasteiger partial charge in [0.05, 0.1) is 12.9 Å². The van der Waals surface area contributed by atoms with Crippen molar-refractivity contribution in [2.24, 2.45) is 17.6 Å². The zero-order valence-corrected chi connectivity index (χ0v) is 23.4. The van der Waals surface area contributed by atoms with Crippen LogP contribution in [-0.2, 0) is 25.5 Å². The number of phenols is 1. The molecule has 39 heavy (non-hydrogen) atoms. The normalized spacial score (nSPS) is 21.2. The summed E-state index contributed by atoms with van der Waals surface area (Å²) in [5.74, 6) is 0.414. The third-order valence-corrected chi connectivity index (χ3v) is 7.64. The SMILES string of the molecule is COc1cc(CCC(CC(OC(C)=O)C2CCCCCC(CO)C2)OC(C)=O)c(C2=CCNC(N)=C2)cc1O. The van der Waals surface area contributed by atoms with Crippen LogP contribution in [0.25, 0.3) is 5.57 Å². The Morgan fingerprint density at radius 2 is 1.87 bits per heavy atom. The van der Waals surface area contributed by atoms with Gasteiger partial charge in [-0.3, -0.25) is 9.59 Å². The number of benzene rings is 1. The molecule has 1 aliphatic carbocycles. The Bertz CT molecular complexity index is 1050. The molecule has 1 heterocycles. The summed E-state index contributed by atoms with van der Waals surface area (Å²) >= 11 is 0. The molecule has 0 amide bonds. The number of ether oxygens (including phenoxy) is 3. The zero-order valence-electron chi connectivity index (χ0n) is 23.4. The Kier molecular flexibility index (Phi) is 11.5. The summed E-state index contributed by atoms with van der Waals surface area (Å²) in [4.78, 5) is 24.2. The maximum atomic E-state index is 12.1. The van der Waals surface area contributed by atoms with E-state index in [1.165, 1.54) is 21.0 Å². The summed E-state index contributed by atoms with van der Waals surface area (Å²) in [6, 6.07) is 3.47. The van der Waals surface area contributed by atoms with Gasteiger partial charge in [-0.15, -0.1) is 0 Å². The van der Waals surface area contributed by atoms with Gasteiger partial charge >= 0.3 is 11.9 Å². The van der Waals surface area contributed by atoms with Crippen molar-refractivity contribution < 1.29 is 34.0 Å². The topological polar surface area (TPSA) is 140 Å². The van der Waals surface area contributed by atoms with E-state index in [2.05, 4.69) is 5.32 Å². The molecule has 0 spiro atoms. The number of aromatic hydroxyl groups is 1. The lowest BCUT2D eigenvalue weighted by Crippen LogP contribution is -2.34. The first-order valence-corrected chi connectivity index (χ1v) is 14.0. The molecule has 1 fully saturated rings. The molecule has 5 N–H and O–H groups in total. The first-order valence-electron chi connectivity index (χ1n) is 14.0. The minimum atomic E-state index is -0.486.